The number of rotatable bonds is 40. The molecule has 87 heavy (non-hydrogen) atoms. The molecule has 0 aromatic carbocycles. The Morgan fingerprint density at radius 2 is 0.736 bits per heavy atom. The van der Waals surface area contributed by atoms with E-state index < -0.39 is 8.07 Å². The quantitative estimate of drug-likeness (QED) is 0.0218. The summed E-state index contributed by atoms with van der Waals surface area (Å²) in [5.74, 6) is 0.889. The fourth-order valence-corrected chi connectivity index (χ4v) is 30.2. The Hall–Kier alpha value is -3.30. The van der Waals surface area contributed by atoms with Crippen LogP contribution in [0.5, 0.6) is 0 Å². The maximum absolute atomic E-state index is 15.4. The smallest absolute Gasteiger partial charge is 0.263 e. The van der Waals surface area contributed by atoms with E-state index in [-0.39, 0.29) is 23.6 Å². The molecule has 0 radical (unpaired) electrons. The standard InChI is InChI=1S/C74H104N2O4S6Si/c1-11-19-25-29-31-35-41-75-71(77)60-50(10)82-66(61(60)72(75)78)55-44-53(39-33-27-21-13-3)64(83-55)65-54(40-34-28-22-14-4)45-56(84-65)67-62-63(74(80)76(73(62)79)42-36-32-30-26-20-12-2)68(86-67)57-46-59-70(85-57)69-58(43-49(9)81-69)87(59,47-51(17-7)37-23-15-5)48-52(18-8)38-24-16-6/h43-46,51-52H,11-42,47-48H2,1-10H3. The largest absolute Gasteiger partial charge is 0.274 e. The summed E-state index contributed by atoms with van der Waals surface area (Å²) in [6, 6.07) is 12.6. The van der Waals surface area contributed by atoms with E-state index in [1.807, 2.05) is 40.9 Å². The summed E-state index contributed by atoms with van der Waals surface area (Å²) < 4.78 is 0. The third kappa shape index (κ3) is 14.8. The first kappa shape index (κ1) is 68.1. The van der Waals surface area contributed by atoms with Crippen LogP contribution in [0.3, 0.4) is 0 Å². The van der Waals surface area contributed by atoms with Gasteiger partial charge in [-0.1, -0.05) is 209 Å². The number of unbranched alkanes of at least 4 members (excludes halogenated alkanes) is 18. The summed E-state index contributed by atoms with van der Waals surface area (Å²) in [5.41, 5.74) is 5.11. The molecular formula is C74H104N2O4S6Si. The van der Waals surface area contributed by atoms with Gasteiger partial charge in [0.2, 0.25) is 0 Å². The van der Waals surface area contributed by atoms with E-state index in [0.717, 1.165) is 119 Å². The predicted octanol–water partition coefficient (Wildman–Crippen LogP) is 23.5. The molecule has 9 rings (SSSR count). The van der Waals surface area contributed by atoms with E-state index in [1.165, 1.54) is 160 Å². The van der Waals surface area contributed by atoms with Crippen molar-refractivity contribution >= 4 is 110 Å². The molecule has 6 nitrogen and oxygen atoms in total. The lowest BCUT2D eigenvalue weighted by atomic mass is 10.0. The van der Waals surface area contributed by atoms with Crippen molar-refractivity contribution in [3.63, 3.8) is 0 Å². The van der Waals surface area contributed by atoms with Gasteiger partial charge in [0.1, 0.15) is 8.07 Å². The Morgan fingerprint density at radius 1 is 0.368 bits per heavy atom. The number of amides is 4. The Balaban J connectivity index is 1.18. The van der Waals surface area contributed by atoms with Crippen molar-refractivity contribution in [2.75, 3.05) is 13.1 Å². The van der Waals surface area contributed by atoms with Crippen LogP contribution in [0.25, 0.3) is 48.8 Å². The molecule has 6 aromatic heterocycles. The number of aryl methyl sites for hydroxylation is 4. The lowest BCUT2D eigenvalue weighted by molar-refractivity contribution is 0.0636. The highest BCUT2D eigenvalue weighted by Gasteiger charge is 2.51. The van der Waals surface area contributed by atoms with Crippen LogP contribution >= 0.6 is 68.0 Å². The molecule has 0 N–H and O–H groups in total. The molecule has 0 saturated carbocycles. The van der Waals surface area contributed by atoms with Gasteiger partial charge in [-0.3, -0.25) is 29.0 Å². The second-order valence-corrected chi connectivity index (χ2v) is 36.9. The third-order valence-electron chi connectivity index (χ3n) is 19.6. The molecular weight excluding hydrogens is 1200 g/mol. The topological polar surface area (TPSA) is 74.8 Å². The number of imide groups is 2. The lowest BCUT2D eigenvalue weighted by Crippen LogP contribution is -2.56. The van der Waals surface area contributed by atoms with E-state index in [9.17, 15) is 9.59 Å². The van der Waals surface area contributed by atoms with Crippen LogP contribution in [0.2, 0.25) is 12.1 Å². The SMILES string of the molecule is CCCCCCCCN1C(=O)c2c(C)sc(-c3cc(CCCCCC)c(-c4sc(-c5sc(-c6cc7c(s6)-c6sc(C)cc6[Si]7(CC(CC)CCCC)CC(CC)CCCC)c6c5C(=O)N(CCCCCCCC)C6=O)cc4CCCCCC)s3)c2C1=O. The Kier molecular flexibility index (Phi) is 25.3. The van der Waals surface area contributed by atoms with Gasteiger partial charge in [-0.25, -0.2) is 0 Å². The van der Waals surface area contributed by atoms with Gasteiger partial charge in [0.05, 0.1) is 36.9 Å². The number of hydrogen-bond acceptors (Lipinski definition) is 10. The summed E-state index contributed by atoms with van der Waals surface area (Å²) in [6.45, 7) is 23.9. The molecule has 3 aliphatic rings. The van der Waals surface area contributed by atoms with Crippen LogP contribution in [0.1, 0.15) is 297 Å². The highest BCUT2D eigenvalue weighted by Crippen LogP contribution is 2.56. The summed E-state index contributed by atoms with van der Waals surface area (Å²) >= 11 is 10.9. The molecule has 0 aliphatic carbocycles. The first-order valence-corrected chi connectivity index (χ1v) is 42.2. The molecule has 9 heterocycles. The molecule has 13 heteroatoms. The van der Waals surface area contributed by atoms with Gasteiger partial charge >= 0.3 is 0 Å². The van der Waals surface area contributed by atoms with Crippen LogP contribution in [-0.2, 0) is 12.8 Å². The average molecular weight is 1310 g/mol. The zero-order chi connectivity index (χ0) is 61.8. The second kappa shape index (κ2) is 32.3. The molecule has 2 atom stereocenters. The average Bonchev–Trinajstić information content (AvgIpc) is 1.56. The Labute approximate surface area is 549 Å². The number of carbonyl (C=O) groups is 4. The molecule has 3 aliphatic heterocycles. The third-order valence-corrected chi connectivity index (χ3v) is 33.0. The van der Waals surface area contributed by atoms with Crippen molar-refractivity contribution in [3.8, 4) is 48.8 Å². The van der Waals surface area contributed by atoms with Gasteiger partial charge in [0, 0.05) is 57.0 Å². The molecule has 474 valence electrons. The molecule has 0 spiro atoms. The van der Waals surface area contributed by atoms with E-state index in [4.69, 9.17) is 0 Å². The van der Waals surface area contributed by atoms with Crippen molar-refractivity contribution in [1.29, 1.82) is 0 Å². The first-order valence-electron chi connectivity index (χ1n) is 34.9. The molecule has 2 unspecified atom stereocenters. The normalized spacial score (nSPS) is 16.1. The fraction of sp³-hybridized carbons (Fsp3) is 0.622. The molecule has 0 fully saturated rings. The molecule has 4 amide bonds. The minimum Gasteiger partial charge on any atom is -0.274 e. The van der Waals surface area contributed by atoms with Gasteiger partial charge < -0.3 is 0 Å². The van der Waals surface area contributed by atoms with Gasteiger partial charge in [-0.2, -0.15) is 0 Å². The second-order valence-electron chi connectivity index (χ2n) is 26.1. The summed E-state index contributed by atoms with van der Waals surface area (Å²) in [6.07, 6.45) is 34.2. The highest BCUT2D eigenvalue weighted by molar-refractivity contribution is 7.33. The molecule has 6 aromatic rings. The zero-order valence-electron chi connectivity index (χ0n) is 55.0. The number of hydrogen-bond donors (Lipinski definition) is 0. The van der Waals surface area contributed by atoms with Gasteiger partial charge in [0.25, 0.3) is 23.6 Å². The molecule has 0 saturated heterocycles. The van der Waals surface area contributed by atoms with Crippen LogP contribution in [-0.4, -0.2) is 54.6 Å². The van der Waals surface area contributed by atoms with Crippen LogP contribution in [0.4, 0.5) is 0 Å². The Bertz CT molecular complexity index is 3270. The number of fused-ring (bicyclic) bond motifs is 5. The monoisotopic (exact) mass is 1300 g/mol. The maximum atomic E-state index is 15.4. The summed E-state index contributed by atoms with van der Waals surface area (Å²) in [7, 11) is -2.29. The van der Waals surface area contributed by atoms with Gasteiger partial charge in [-0.15, -0.1) is 68.0 Å². The highest BCUT2D eigenvalue weighted by atomic mass is 32.1. The van der Waals surface area contributed by atoms with Gasteiger partial charge in [-0.05, 0) is 122 Å². The van der Waals surface area contributed by atoms with Gasteiger partial charge in [0.15, 0.2) is 0 Å². The Morgan fingerprint density at radius 3 is 1.20 bits per heavy atom. The maximum Gasteiger partial charge on any atom is 0.263 e. The van der Waals surface area contributed by atoms with E-state index in [0.29, 0.717) is 47.2 Å². The van der Waals surface area contributed by atoms with E-state index in [1.54, 1.807) is 49.3 Å². The minimum absolute atomic E-state index is 0.104. The van der Waals surface area contributed by atoms with Crippen LogP contribution in [0, 0.1) is 25.7 Å². The van der Waals surface area contributed by atoms with E-state index in [2.05, 4.69) is 86.6 Å². The van der Waals surface area contributed by atoms with Crippen LogP contribution < -0.4 is 10.4 Å². The van der Waals surface area contributed by atoms with Crippen molar-refractivity contribution in [3.05, 3.63) is 67.4 Å². The summed E-state index contributed by atoms with van der Waals surface area (Å²) in [5, 5.41) is 3.31. The summed E-state index contributed by atoms with van der Waals surface area (Å²) in [4.78, 5) is 76.8. The van der Waals surface area contributed by atoms with Crippen molar-refractivity contribution in [1.82, 2.24) is 9.80 Å². The predicted molar refractivity (Wildman–Crippen MR) is 385 cm³/mol. The molecule has 0 bridgehead atoms. The van der Waals surface area contributed by atoms with Crippen LogP contribution in [0.15, 0.2) is 24.3 Å². The van der Waals surface area contributed by atoms with E-state index >= 15 is 9.59 Å². The number of nitrogens with zero attached hydrogens (tertiary/aromatic N) is 2. The van der Waals surface area contributed by atoms with Crippen molar-refractivity contribution in [2.45, 2.75) is 274 Å². The fourth-order valence-electron chi connectivity index (χ4n) is 14.5. The van der Waals surface area contributed by atoms with Crippen molar-refractivity contribution in [2.24, 2.45) is 11.8 Å². The number of thiophene rings is 6. The zero-order valence-corrected chi connectivity index (χ0v) is 60.9. The lowest BCUT2D eigenvalue weighted by Gasteiger charge is -2.35. The first-order chi connectivity index (χ1) is 42.3. The number of carbonyl (C=O) groups excluding carboxylic acids is 4. The van der Waals surface area contributed by atoms with Crippen molar-refractivity contribution < 1.29 is 19.2 Å². The minimum atomic E-state index is -2.29.